The number of hydrogen-bond donors (Lipinski definition) is 4. The van der Waals surface area contributed by atoms with Crippen LogP contribution in [0, 0.1) is 5.41 Å². The average molecular weight is 1040 g/mol. The van der Waals surface area contributed by atoms with Gasteiger partial charge in [0.15, 0.2) is 5.75 Å². The number of carbonyl (C=O) groups is 3. The third-order valence-electron chi connectivity index (χ3n) is 13.4. The highest BCUT2D eigenvalue weighted by atomic mass is 32.1. The van der Waals surface area contributed by atoms with Crippen LogP contribution in [-0.2, 0) is 48.0 Å². The molecule has 0 radical (unpaired) electrons. The number of phenols is 2. The second-order valence-electron chi connectivity index (χ2n) is 19.8. The van der Waals surface area contributed by atoms with E-state index in [9.17, 15) is 24.6 Å². The summed E-state index contributed by atoms with van der Waals surface area (Å²) in [5.74, 6) is 1.92. The van der Waals surface area contributed by atoms with E-state index < -0.39 is 23.5 Å². The number of aliphatic imine (C=N–C) groups is 1. The van der Waals surface area contributed by atoms with Gasteiger partial charge in [0.25, 0.3) is 5.91 Å². The highest BCUT2D eigenvalue weighted by Gasteiger charge is 2.42. The Morgan fingerprint density at radius 2 is 1.40 bits per heavy atom. The first-order valence-electron chi connectivity index (χ1n) is 25.6. The van der Waals surface area contributed by atoms with E-state index >= 15 is 0 Å². The number of rotatable bonds is 23. The van der Waals surface area contributed by atoms with Crippen molar-refractivity contribution in [3.63, 3.8) is 0 Å². The van der Waals surface area contributed by atoms with Crippen molar-refractivity contribution in [1.29, 1.82) is 0 Å². The first-order valence-corrected chi connectivity index (χ1v) is 26.4. The van der Waals surface area contributed by atoms with Gasteiger partial charge in [0.2, 0.25) is 11.8 Å². The second kappa shape index (κ2) is 25.6. The number of thiophene rings is 1. The summed E-state index contributed by atoms with van der Waals surface area (Å²) < 4.78 is 36.4. The smallest absolute Gasteiger partial charge is 0.268 e. The Bertz CT molecular complexity index is 2920. The molecule has 0 bridgehead atoms. The normalized spacial score (nSPS) is 16.3. The maximum Gasteiger partial charge on any atom is 0.268 e. The van der Waals surface area contributed by atoms with Gasteiger partial charge in [0, 0.05) is 35.2 Å². The molecule has 16 heteroatoms. The molecule has 75 heavy (non-hydrogen) atoms. The fourth-order valence-corrected chi connectivity index (χ4v) is 10.3. The summed E-state index contributed by atoms with van der Waals surface area (Å²) in [6.45, 7) is 10.5. The van der Waals surface area contributed by atoms with Crippen molar-refractivity contribution in [2.75, 3.05) is 59.9 Å². The monoisotopic (exact) mass is 1040 g/mol. The van der Waals surface area contributed by atoms with Crippen molar-refractivity contribution in [3.05, 3.63) is 131 Å². The molecule has 396 valence electrons. The lowest BCUT2D eigenvalue weighted by Crippen LogP contribution is -2.60. The van der Waals surface area contributed by atoms with Crippen LogP contribution in [0.25, 0.3) is 20.5 Å². The fraction of sp³-hybridized carbons (Fsp3) is 0.390. The molecule has 1 aliphatic carbocycles. The molecule has 6 aromatic rings. The zero-order valence-corrected chi connectivity index (χ0v) is 44.2. The number of benzene rings is 5. The number of phenolic OH excluding ortho intramolecular Hbond substituents is 2. The van der Waals surface area contributed by atoms with Crippen LogP contribution in [0.4, 0.5) is 0 Å². The number of carbonyl (C=O) groups excluding carboxylic acids is 3. The molecule has 0 saturated carbocycles. The van der Waals surface area contributed by atoms with Gasteiger partial charge in [-0.15, -0.1) is 11.3 Å². The van der Waals surface area contributed by atoms with Crippen LogP contribution in [-0.4, -0.2) is 117 Å². The summed E-state index contributed by atoms with van der Waals surface area (Å²) in [4.78, 5) is 48.9. The number of aryl methyl sites for hydroxylation is 1. The molecule has 4 atom stereocenters. The Morgan fingerprint density at radius 3 is 2.09 bits per heavy atom. The molecule has 3 amide bonds. The minimum Gasteiger partial charge on any atom is -0.508 e. The maximum atomic E-state index is 14.6. The number of ether oxygens (including phenoxy) is 6. The summed E-state index contributed by atoms with van der Waals surface area (Å²) in [6, 6.07) is 31.2. The number of nitrogens with zero attached hydrogens (tertiary/aromatic N) is 2. The number of amides is 3. The highest BCUT2D eigenvalue weighted by molar-refractivity contribution is 7.22. The summed E-state index contributed by atoms with van der Waals surface area (Å²) in [5, 5.41) is 26.7. The van der Waals surface area contributed by atoms with Gasteiger partial charge >= 0.3 is 0 Å². The Balaban J connectivity index is 0.754. The summed E-state index contributed by atoms with van der Waals surface area (Å²) in [7, 11) is 1.69. The van der Waals surface area contributed by atoms with Crippen LogP contribution < -0.4 is 24.8 Å². The van der Waals surface area contributed by atoms with Gasteiger partial charge in [-0.2, -0.15) is 0 Å². The van der Waals surface area contributed by atoms with Crippen LogP contribution in [0.2, 0.25) is 0 Å². The summed E-state index contributed by atoms with van der Waals surface area (Å²) in [6.07, 6.45) is 4.95. The first kappa shape index (κ1) is 54.4. The number of aromatic hydroxyl groups is 2. The van der Waals surface area contributed by atoms with Crippen LogP contribution in [0.15, 0.2) is 114 Å². The molecule has 2 heterocycles. The molecule has 0 fully saturated rings. The van der Waals surface area contributed by atoms with Gasteiger partial charge in [-0.3, -0.25) is 14.4 Å². The fourth-order valence-electron chi connectivity index (χ4n) is 9.18. The highest BCUT2D eigenvalue weighted by Crippen LogP contribution is 2.47. The molecule has 1 unspecified atom stereocenters. The molecule has 2 aliphatic rings. The van der Waals surface area contributed by atoms with Gasteiger partial charge < -0.3 is 54.2 Å². The Hall–Kier alpha value is -6.82. The molecule has 0 spiro atoms. The number of fused-ring (bicyclic) bond motifs is 3. The van der Waals surface area contributed by atoms with E-state index in [4.69, 9.17) is 28.4 Å². The minimum atomic E-state index is -0.897. The number of nitrogens with one attached hydrogen (secondary N) is 2. The molecule has 15 nitrogen and oxygen atoms in total. The van der Waals surface area contributed by atoms with Crippen molar-refractivity contribution in [3.8, 4) is 44.9 Å². The molecular formula is C59H68N4O11S. The van der Waals surface area contributed by atoms with Gasteiger partial charge in [0.05, 0.1) is 50.6 Å². The van der Waals surface area contributed by atoms with Crippen LogP contribution in [0.1, 0.15) is 68.7 Å². The van der Waals surface area contributed by atoms with Crippen LogP contribution in [0.3, 0.4) is 0 Å². The van der Waals surface area contributed by atoms with Crippen molar-refractivity contribution in [1.82, 2.24) is 15.5 Å². The molecule has 4 N–H and O–H groups in total. The predicted molar refractivity (Wildman–Crippen MR) is 291 cm³/mol. The molecule has 1 aliphatic heterocycles. The number of hydrogen-bond acceptors (Lipinski definition) is 13. The molecule has 8 rings (SSSR count). The molecule has 5 aromatic carbocycles. The lowest BCUT2D eigenvalue weighted by atomic mass is 9.83. The quantitative estimate of drug-likeness (QED) is 0.0353. The van der Waals surface area contributed by atoms with Gasteiger partial charge in [-0.25, -0.2) is 4.99 Å². The third-order valence-corrected chi connectivity index (χ3v) is 14.6. The van der Waals surface area contributed by atoms with Crippen molar-refractivity contribution in [2.24, 2.45) is 10.4 Å². The van der Waals surface area contributed by atoms with E-state index in [2.05, 4.69) is 27.8 Å². The van der Waals surface area contributed by atoms with Crippen LogP contribution in [0.5, 0.6) is 34.5 Å². The summed E-state index contributed by atoms with van der Waals surface area (Å²) >= 11 is 1.50. The lowest BCUT2D eigenvalue weighted by molar-refractivity contribution is -0.146. The zero-order valence-electron chi connectivity index (χ0n) is 43.3. The van der Waals surface area contributed by atoms with Crippen molar-refractivity contribution >= 4 is 45.4 Å². The van der Waals surface area contributed by atoms with Crippen molar-refractivity contribution in [2.45, 2.75) is 84.0 Å². The SMILES string of the molecule is CN[C@@H](C)C(=O)N[C@H](C(=O)N1Cc2cc(OCCOCCOCCOCCOc3ccc(Oc4c(-c5ccc(O)cc5)sc5cc(O)ccc45)cc3)ccc2C[C@H]1C(=O)N=CC1CCCc2ccccc21)C(C)(C)C. The number of likely N-dealkylation sites (N-methyl/N-ethyl adjacent to an activating group) is 1. The maximum absolute atomic E-state index is 14.6. The Kier molecular flexibility index (Phi) is 18.6. The Labute approximate surface area is 442 Å². The third kappa shape index (κ3) is 14.3. The second-order valence-corrected chi connectivity index (χ2v) is 20.9. The van der Waals surface area contributed by atoms with Gasteiger partial charge in [-0.05, 0) is 145 Å². The largest absolute Gasteiger partial charge is 0.508 e. The Morgan fingerprint density at radius 1 is 0.760 bits per heavy atom. The standard InChI is InChI=1S/C59H68N4O11S/c1-38(60-5)56(66)62-55(59(2,3)4)58(68)63-37-43-33-48(19-15-41(43)34-51(63)57(67)61-36-42-11-8-10-39-9-6-7-12-49(39)42)73-32-30-71-28-26-69-25-27-70-29-31-72-46-20-22-47(23-21-46)74-53-50-24-18-45(65)35-52(50)75-54(53)40-13-16-44(64)17-14-40/h6-7,9,12-24,33,35-36,38,42,51,55,60,64-65H,8,10-11,25-32,34,37H2,1-5H3,(H,62,66)/t38-,42?,51-,55+/m0/s1. The summed E-state index contributed by atoms with van der Waals surface area (Å²) in [5.41, 5.74) is 4.49. The lowest BCUT2D eigenvalue weighted by Gasteiger charge is -2.40. The molecular weight excluding hydrogens is 973 g/mol. The topological polar surface area (TPSA) is 187 Å². The first-order chi connectivity index (χ1) is 36.2. The van der Waals surface area contributed by atoms with E-state index in [1.54, 1.807) is 49.4 Å². The predicted octanol–water partition coefficient (Wildman–Crippen LogP) is 9.39. The van der Waals surface area contributed by atoms with Gasteiger partial charge in [-0.1, -0.05) is 51.1 Å². The van der Waals surface area contributed by atoms with E-state index in [0.717, 1.165) is 50.9 Å². The minimum absolute atomic E-state index is 0.0202. The van der Waals surface area contributed by atoms with E-state index in [1.165, 1.54) is 22.5 Å². The molecule has 0 saturated heterocycles. The van der Waals surface area contributed by atoms with E-state index in [0.29, 0.717) is 75.9 Å². The molecule has 1 aromatic heterocycles. The van der Waals surface area contributed by atoms with Crippen molar-refractivity contribution < 1.29 is 53.0 Å². The van der Waals surface area contributed by atoms with Gasteiger partial charge in [0.1, 0.15) is 54.0 Å². The zero-order chi connectivity index (χ0) is 52.9. The van der Waals surface area contributed by atoms with Crippen LogP contribution >= 0.6 is 11.3 Å². The van der Waals surface area contributed by atoms with E-state index in [1.807, 2.05) is 93.6 Å². The average Bonchev–Trinajstić information content (AvgIpc) is 3.77. The van der Waals surface area contributed by atoms with E-state index in [-0.39, 0.29) is 48.1 Å².